The van der Waals surface area contributed by atoms with Gasteiger partial charge in [0.05, 0.1) is 0 Å². The lowest BCUT2D eigenvalue weighted by molar-refractivity contribution is 0.0871. The fourth-order valence-electron chi connectivity index (χ4n) is 1.49. The second-order valence-electron chi connectivity index (χ2n) is 4.00. The van der Waals surface area contributed by atoms with Crippen molar-refractivity contribution in [3.63, 3.8) is 0 Å². The average Bonchev–Trinajstić information content (AvgIpc) is 2.33. The van der Waals surface area contributed by atoms with E-state index in [4.69, 9.17) is 0 Å². The van der Waals surface area contributed by atoms with E-state index in [1.54, 1.807) is 0 Å². The first-order chi connectivity index (χ1) is 8.59. The zero-order valence-corrected chi connectivity index (χ0v) is 11.3. The molecule has 0 saturated carbocycles. The molecule has 0 aromatic heterocycles. The van der Waals surface area contributed by atoms with Crippen LogP contribution in [-0.2, 0) is 10.0 Å². The van der Waals surface area contributed by atoms with E-state index in [2.05, 4.69) is 0 Å². The minimum atomic E-state index is -5.00. The van der Waals surface area contributed by atoms with Crippen LogP contribution in [0.4, 0.5) is 13.2 Å². The predicted octanol–water partition coefficient (Wildman–Crippen LogP) is 2.07. The van der Waals surface area contributed by atoms with Gasteiger partial charge in [-0.2, -0.15) is 8.78 Å². The van der Waals surface area contributed by atoms with E-state index in [1.807, 2.05) is 0 Å². The summed E-state index contributed by atoms with van der Waals surface area (Å²) < 4.78 is 60.3. The van der Waals surface area contributed by atoms with Gasteiger partial charge >= 0.3 is 5.76 Å². The van der Waals surface area contributed by atoms with E-state index in [9.17, 15) is 26.4 Å². The van der Waals surface area contributed by atoms with Crippen LogP contribution in [0.2, 0.25) is 0 Å². The molecule has 1 amide bonds. The zero-order chi connectivity index (χ0) is 15.0. The molecule has 0 spiro atoms. The van der Waals surface area contributed by atoms with Crippen LogP contribution >= 0.6 is 0 Å². The lowest BCUT2D eigenvalue weighted by atomic mass is 10.1. The van der Waals surface area contributed by atoms with Gasteiger partial charge in [0.15, 0.2) is 0 Å². The Morgan fingerprint density at radius 2 is 1.63 bits per heavy atom. The number of hydrogen-bond donors (Lipinski definition) is 0. The molecule has 1 aromatic carbocycles. The summed E-state index contributed by atoms with van der Waals surface area (Å²) in [7, 11) is -4.27. The summed E-state index contributed by atoms with van der Waals surface area (Å²) in [5.74, 6) is -5.36. The minimum absolute atomic E-state index is 0.0379. The highest BCUT2D eigenvalue weighted by molar-refractivity contribution is 7.89. The first-order valence-corrected chi connectivity index (χ1v) is 6.66. The van der Waals surface area contributed by atoms with Gasteiger partial charge in [-0.15, -0.1) is 0 Å². The van der Waals surface area contributed by atoms with Crippen molar-refractivity contribution in [3.05, 3.63) is 34.6 Å². The SMILES string of the molecule is Cc1cc(C(=O)N(C)S(=O)(=O)C(F)F)cc(C)c1F. The maximum Gasteiger partial charge on any atom is 0.355 e. The number of benzene rings is 1. The highest BCUT2D eigenvalue weighted by Crippen LogP contribution is 2.18. The molecule has 19 heavy (non-hydrogen) atoms. The van der Waals surface area contributed by atoms with Crippen LogP contribution in [-0.4, -0.2) is 31.4 Å². The van der Waals surface area contributed by atoms with Gasteiger partial charge in [0.25, 0.3) is 15.9 Å². The molecule has 0 aliphatic heterocycles. The van der Waals surface area contributed by atoms with Crippen molar-refractivity contribution in [1.82, 2.24) is 4.31 Å². The van der Waals surface area contributed by atoms with Crippen LogP contribution in [0.1, 0.15) is 21.5 Å². The highest BCUT2D eigenvalue weighted by atomic mass is 32.2. The molecule has 0 aliphatic carbocycles. The maximum absolute atomic E-state index is 13.4. The lowest BCUT2D eigenvalue weighted by Gasteiger charge is -2.17. The van der Waals surface area contributed by atoms with Crippen LogP contribution in [0.25, 0.3) is 0 Å². The van der Waals surface area contributed by atoms with E-state index in [0.29, 0.717) is 0 Å². The number of hydrogen-bond acceptors (Lipinski definition) is 3. The molecule has 0 radical (unpaired) electrons. The standard InChI is InChI=1S/C11H12F3NO3S/c1-6-4-8(5-7(2)9(6)12)10(16)15(3)19(17,18)11(13)14/h4-5,11H,1-3H3. The number of amides is 1. The third kappa shape index (κ3) is 2.89. The van der Waals surface area contributed by atoms with E-state index >= 15 is 0 Å². The van der Waals surface area contributed by atoms with E-state index in [1.165, 1.54) is 13.8 Å². The van der Waals surface area contributed by atoms with Crippen molar-refractivity contribution in [2.75, 3.05) is 7.05 Å². The number of carbonyl (C=O) groups excluding carboxylic acids is 1. The Bertz CT molecular complexity index is 591. The highest BCUT2D eigenvalue weighted by Gasteiger charge is 2.33. The Morgan fingerprint density at radius 1 is 1.21 bits per heavy atom. The Morgan fingerprint density at radius 3 is 2.00 bits per heavy atom. The number of aryl methyl sites for hydroxylation is 2. The van der Waals surface area contributed by atoms with Gasteiger partial charge in [0.1, 0.15) is 5.82 Å². The quantitative estimate of drug-likeness (QED) is 0.857. The fraction of sp³-hybridized carbons (Fsp3) is 0.364. The largest absolute Gasteiger partial charge is 0.355 e. The van der Waals surface area contributed by atoms with Gasteiger partial charge < -0.3 is 0 Å². The van der Waals surface area contributed by atoms with E-state index < -0.39 is 27.5 Å². The Labute approximate surface area is 108 Å². The van der Waals surface area contributed by atoms with Crippen molar-refractivity contribution in [3.8, 4) is 0 Å². The first kappa shape index (κ1) is 15.5. The Balaban J connectivity index is 3.22. The van der Waals surface area contributed by atoms with Gasteiger partial charge in [-0.25, -0.2) is 17.1 Å². The molecular formula is C11H12F3NO3S. The van der Waals surface area contributed by atoms with Crippen LogP contribution < -0.4 is 0 Å². The smallest absolute Gasteiger partial charge is 0.268 e. The monoisotopic (exact) mass is 295 g/mol. The van der Waals surface area contributed by atoms with Crippen molar-refractivity contribution >= 4 is 15.9 Å². The van der Waals surface area contributed by atoms with Crippen molar-refractivity contribution in [1.29, 1.82) is 0 Å². The number of alkyl halides is 2. The normalized spacial score (nSPS) is 11.7. The fourth-order valence-corrected chi connectivity index (χ4v) is 2.06. The number of carbonyl (C=O) groups is 1. The van der Waals surface area contributed by atoms with Gasteiger partial charge in [-0.05, 0) is 37.1 Å². The molecule has 0 atom stereocenters. The third-order valence-electron chi connectivity index (χ3n) is 2.58. The molecule has 8 heteroatoms. The van der Waals surface area contributed by atoms with Crippen LogP contribution in [0.5, 0.6) is 0 Å². The zero-order valence-electron chi connectivity index (χ0n) is 10.4. The molecule has 106 valence electrons. The third-order valence-corrected chi connectivity index (χ3v) is 3.96. The van der Waals surface area contributed by atoms with Gasteiger partial charge in [-0.1, -0.05) is 0 Å². The lowest BCUT2D eigenvalue weighted by Crippen LogP contribution is -2.37. The summed E-state index contributed by atoms with van der Waals surface area (Å²) >= 11 is 0. The molecule has 4 nitrogen and oxygen atoms in total. The number of halogens is 3. The van der Waals surface area contributed by atoms with Crippen LogP contribution in [0.15, 0.2) is 12.1 Å². The molecular weight excluding hydrogens is 283 g/mol. The van der Waals surface area contributed by atoms with Crippen LogP contribution in [0.3, 0.4) is 0 Å². The summed E-state index contributed by atoms with van der Waals surface area (Å²) in [6.45, 7) is 2.78. The summed E-state index contributed by atoms with van der Waals surface area (Å²) in [5.41, 5.74) is 0.0977. The van der Waals surface area contributed by atoms with E-state index in [-0.39, 0.29) is 21.0 Å². The van der Waals surface area contributed by atoms with Crippen molar-refractivity contribution in [2.45, 2.75) is 19.6 Å². The molecule has 0 saturated heterocycles. The number of rotatable bonds is 3. The molecule has 0 heterocycles. The molecule has 1 rings (SSSR count). The topological polar surface area (TPSA) is 54.5 Å². The van der Waals surface area contributed by atoms with Gasteiger partial charge in [0, 0.05) is 12.6 Å². The van der Waals surface area contributed by atoms with E-state index in [0.717, 1.165) is 19.2 Å². The van der Waals surface area contributed by atoms with Crippen LogP contribution in [0, 0.1) is 19.7 Å². The number of nitrogens with zero attached hydrogens (tertiary/aromatic N) is 1. The van der Waals surface area contributed by atoms with Gasteiger partial charge in [0.2, 0.25) is 0 Å². The second-order valence-corrected chi connectivity index (χ2v) is 5.94. The number of sulfonamides is 1. The Kier molecular flexibility index (Phi) is 4.24. The molecule has 0 fully saturated rings. The molecule has 0 aliphatic rings. The average molecular weight is 295 g/mol. The van der Waals surface area contributed by atoms with Crippen molar-refractivity contribution < 1.29 is 26.4 Å². The van der Waals surface area contributed by atoms with Gasteiger partial charge in [-0.3, -0.25) is 4.79 Å². The summed E-state index contributed by atoms with van der Waals surface area (Å²) in [6.07, 6.45) is 0. The predicted molar refractivity (Wildman–Crippen MR) is 62.9 cm³/mol. The minimum Gasteiger partial charge on any atom is -0.268 e. The van der Waals surface area contributed by atoms with Crippen molar-refractivity contribution in [2.24, 2.45) is 0 Å². The molecule has 0 N–H and O–H groups in total. The first-order valence-electron chi connectivity index (χ1n) is 5.16. The second kappa shape index (κ2) is 5.20. The molecule has 0 unspecified atom stereocenters. The molecule has 1 aromatic rings. The summed E-state index contributed by atoms with van der Waals surface area (Å²) in [5, 5.41) is 0. The summed E-state index contributed by atoms with van der Waals surface area (Å²) in [4.78, 5) is 11.8. The summed E-state index contributed by atoms with van der Waals surface area (Å²) in [6, 6.07) is 2.23. The Hall–Kier alpha value is -1.57. The molecule has 0 bridgehead atoms. The maximum atomic E-state index is 13.4.